The number of nitrogens with zero attached hydrogens (tertiary/aromatic N) is 1. The third kappa shape index (κ3) is 6.25. The fourth-order valence-electron chi connectivity index (χ4n) is 1.91. The first kappa shape index (κ1) is 17.5. The maximum Gasteiger partial charge on any atom is 0.321 e. The molecule has 0 aromatic heterocycles. The molecule has 4 N–H and O–H groups in total. The van der Waals surface area contributed by atoms with Crippen LogP contribution in [0.1, 0.15) is 18.9 Å². The van der Waals surface area contributed by atoms with Crippen LogP contribution in [0.25, 0.3) is 0 Å². The number of imide groups is 1. The summed E-state index contributed by atoms with van der Waals surface area (Å²) in [5, 5.41) is 4.72. The van der Waals surface area contributed by atoms with Crippen LogP contribution in [-0.4, -0.2) is 37.5 Å². The molecule has 0 fully saturated rings. The summed E-state index contributed by atoms with van der Waals surface area (Å²) in [6.07, 6.45) is 0.127. The van der Waals surface area contributed by atoms with E-state index >= 15 is 0 Å². The van der Waals surface area contributed by atoms with Gasteiger partial charge in [0.05, 0.1) is 6.54 Å². The minimum atomic E-state index is -0.536. The number of hydrogen-bond donors (Lipinski definition) is 3. The number of aryl methyl sites for hydroxylation is 1. The molecule has 1 rings (SSSR count). The normalized spacial score (nSPS) is 9.91. The molecule has 0 heterocycles. The summed E-state index contributed by atoms with van der Waals surface area (Å²) in [6, 6.07) is 7.01. The minimum absolute atomic E-state index is 0.0339. The monoisotopic (exact) mass is 306 g/mol. The molecular formula is C15H22N4O3. The van der Waals surface area contributed by atoms with Crippen molar-refractivity contribution in [2.75, 3.05) is 24.5 Å². The molecule has 7 heteroatoms. The Morgan fingerprint density at radius 2 is 2.00 bits per heavy atom. The topological polar surface area (TPSA) is 105 Å². The van der Waals surface area contributed by atoms with Gasteiger partial charge in [-0.1, -0.05) is 12.1 Å². The highest BCUT2D eigenvalue weighted by Crippen LogP contribution is 2.15. The van der Waals surface area contributed by atoms with Gasteiger partial charge in [0.25, 0.3) is 0 Å². The summed E-state index contributed by atoms with van der Waals surface area (Å²) in [7, 11) is 0. The second-order valence-corrected chi connectivity index (χ2v) is 4.88. The van der Waals surface area contributed by atoms with Gasteiger partial charge in [-0.25, -0.2) is 4.79 Å². The molecule has 0 saturated carbocycles. The van der Waals surface area contributed by atoms with Crippen molar-refractivity contribution in [3.8, 4) is 0 Å². The minimum Gasteiger partial charge on any atom is -0.370 e. The lowest BCUT2D eigenvalue weighted by molar-refractivity contribution is -0.119. The van der Waals surface area contributed by atoms with Crippen molar-refractivity contribution in [2.24, 2.45) is 5.73 Å². The molecule has 0 unspecified atom stereocenters. The summed E-state index contributed by atoms with van der Waals surface area (Å²) in [4.78, 5) is 36.0. The largest absolute Gasteiger partial charge is 0.370 e. The van der Waals surface area contributed by atoms with Crippen LogP contribution in [0.5, 0.6) is 0 Å². The summed E-state index contributed by atoms with van der Waals surface area (Å²) in [5.41, 5.74) is 7.00. The third-order valence-corrected chi connectivity index (χ3v) is 2.92. The molecule has 0 aliphatic carbocycles. The van der Waals surface area contributed by atoms with Gasteiger partial charge in [-0.2, -0.15) is 0 Å². The van der Waals surface area contributed by atoms with Gasteiger partial charge < -0.3 is 16.0 Å². The Morgan fingerprint density at radius 3 is 2.59 bits per heavy atom. The van der Waals surface area contributed by atoms with Crippen molar-refractivity contribution in [3.05, 3.63) is 29.8 Å². The van der Waals surface area contributed by atoms with E-state index in [9.17, 15) is 14.4 Å². The van der Waals surface area contributed by atoms with Crippen LogP contribution in [-0.2, 0) is 9.59 Å². The van der Waals surface area contributed by atoms with E-state index in [0.717, 1.165) is 11.3 Å². The molecule has 1 aromatic rings. The molecule has 7 nitrogen and oxygen atoms in total. The van der Waals surface area contributed by atoms with E-state index in [2.05, 4.69) is 10.6 Å². The quantitative estimate of drug-likeness (QED) is 0.683. The van der Waals surface area contributed by atoms with Crippen LogP contribution in [0.3, 0.4) is 0 Å². The zero-order chi connectivity index (χ0) is 16.5. The van der Waals surface area contributed by atoms with Gasteiger partial charge in [0, 0.05) is 25.2 Å². The van der Waals surface area contributed by atoms with E-state index in [1.165, 1.54) is 0 Å². The predicted molar refractivity (Wildman–Crippen MR) is 84.4 cm³/mol. The van der Waals surface area contributed by atoms with Crippen molar-refractivity contribution in [3.63, 3.8) is 0 Å². The van der Waals surface area contributed by atoms with Crippen molar-refractivity contribution < 1.29 is 14.4 Å². The average molecular weight is 306 g/mol. The highest BCUT2D eigenvalue weighted by atomic mass is 16.2. The standard InChI is InChI=1S/C15H22N4O3/c1-3-17-15(22)18-14(21)10-19(8-7-13(16)20)12-6-4-5-11(2)9-12/h4-6,9H,3,7-8,10H2,1-2H3,(H2,16,20)(H2,17,18,21,22). The van der Waals surface area contributed by atoms with Gasteiger partial charge in [-0.3, -0.25) is 14.9 Å². The molecule has 0 atom stereocenters. The predicted octanol–water partition coefficient (Wildman–Crippen LogP) is 0.523. The van der Waals surface area contributed by atoms with Crippen LogP contribution in [0.15, 0.2) is 24.3 Å². The van der Waals surface area contributed by atoms with Gasteiger partial charge >= 0.3 is 6.03 Å². The molecule has 0 aliphatic heterocycles. The Balaban J connectivity index is 2.75. The molecule has 0 radical (unpaired) electrons. The highest BCUT2D eigenvalue weighted by Gasteiger charge is 2.14. The van der Waals surface area contributed by atoms with E-state index < -0.39 is 17.8 Å². The number of nitrogens with one attached hydrogen (secondary N) is 2. The molecule has 1 aromatic carbocycles. The number of carbonyl (C=O) groups excluding carboxylic acids is 3. The summed E-state index contributed by atoms with van der Waals surface area (Å²) in [5.74, 6) is -0.890. The lowest BCUT2D eigenvalue weighted by Crippen LogP contribution is -2.45. The van der Waals surface area contributed by atoms with Crippen LogP contribution >= 0.6 is 0 Å². The van der Waals surface area contributed by atoms with Gasteiger partial charge in [-0.15, -0.1) is 0 Å². The van der Waals surface area contributed by atoms with Crippen LogP contribution in [0, 0.1) is 6.92 Å². The van der Waals surface area contributed by atoms with Crippen LogP contribution < -0.4 is 21.3 Å². The van der Waals surface area contributed by atoms with Crippen LogP contribution in [0.4, 0.5) is 10.5 Å². The maximum atomic E-state index is 11.9. The van der Waals surface area contributed by atoms with E-state index in [1.54, 1.807) is 11.8 Å². The smallest absolute Gasteiger partial charge is 0.321 e. The SMILES string of the molecule is CCNC(=O)NC(=O)CN(CCC(N)=O)c1cccc(C)c1. The lowest BCUT2D eigenvalue weighted by Gasteiger charge is -2.24. The molecular weight excluding hydrogens is 284 g/mol. The van der Waals surface area contributed by atoms with E-state index in [0.29, 0.717) is 13.1 Å². The number of carbonyl (C=O) groups is 3. The van der Waals surface area contributed by atoms with Gasteiger partial charge in [-0.05, 0) is 31.5 Å². The molecule has 0 saturated heterocycles. The Morgan fingerprint density at radius 1 is 1.27 bits per heavy atom. The zero-order valence-electron chi connectivity index (χ0n) is 12.9. The average Bonchev–Trinajstić information content (AvgIpc) is 2.43. The van der Waals surface area contributed by atoms with Crippen molar-refractivity contribution >= 4 is 23.5 Å². The molecule has 0 spiro atoms. The molecule has 0 aliphatic rings. The summed E-state index contributed by atoms with van der Waals surface area (Å²) < 4.78 is 0. The number of rotatable bonds is 7. The lowest BCUT2D eigenvalue weighted by atomic mass is 10.2. The Hall–Kier alpha value is -2.57. The molecule has 120 valence electrons. The number of urea groups is 1. The number of nitrogens with two attached hydrogens (primary N) is 1. The number of hydrogen-bond acceptors (Lipinski definition) is 4. The summed E-state index contributed by atoms with van der Waals surface area (Å²) >= 11 is 0. The molecule has 0 bridgehead atoms. The highest BCUT2D eigenvalue weighted by molar-refractivity contribution is 5.96. The van der Waals surface area contributed by atoms with E-state index in [-0.39, 0.29) is 13.0 Å². The first-order valence-electron chi connectivity index (χ1n) is 7.10. The number of primary amides is 1. The molecule has 22 heavy (non-hydrogen) atoms. The number of anilines is 1. The van der Waals surface area contributed by atoms with E-state index in [4.69, 9.17) is 5.73 Å². The fourth-order valence-corrected chi connectivity index (χ4v) is 1.91. The Bertz CT molecular complexity index is 545. The number of amides is 4. The summed E-state index contributed by atoms with van der Waals surface area (Å²) in [6.45, 7) is 4.40. The fraction of sp³-hybridized carbons (Fsp3) is 0.400. The third-order valence-electron chi connectivity index (χ3n) is 2.92. The zero-order valence-corrected chi connectivity index (χ0v) is 12.9. The van der Waals surface area contributed by atoms with E-state index in [1.807, 2.05) is 31.2 Å². The van der Waals surface area contributed by atoms with Crippen LogP contribution in [0.2, 0.25) is 0 Å². The maximum absolute atomic E-state index is 11.9. The van der Waals surface area contributed by atoms with Crippen molar-refractivity contribution in [1.29, 1.82) is 0 Å². The number of benzene rings is 1. The Labute approximate surface area is 129 Å². The van der Waals surface area contributed by atoms with Gasteiger partial charge in [0.1, 0.15) is 0 Å². The Kier molecular flexibility index (Phi) is 6.88. The van der Waals surface area contributed by atoms with Gasteiger partial charge in [0.2, 0.25) is 11.8 Å². The first-order chi connectivity index (χ1) is 10.4. The second-order valence-electron chi connectivity index (χ2n) is 4.88. The van der Waals surface area contributed by atoms with Crippen molar-refractivity contribution in [1.82, 2.24) is 10.6 Å². The molecule has 4 amide bonds. The van der Waals surface area contributed by atoms with Gasteiger partial charge in [0.15, 0.2) is 0 Å². The van der Waals surface area contributed by atoms with Crippen molar-refractivity contribution in [2.45, 2.75) is 20.3 Å². The second kappa shape index (κ2) is 8.66. The first-order valence-corrected chi connectivity index (χ1v) is 7.10.